The number of pyridine rings is 1. The number of nitrogens with two attached hydrogens (primary N) is 1. The molecule has 0 bridgehead atoms. The number of para-hydroxylation sites is 1. The summed E-state index contributed by atoms with van der Waals surface area (Å²) in [5.41, 5.74) is 9.85. The van der Waals surface area contributed by atoms with Gasteiger partial charge in [0, 0.05) is 40.2 Å². The zero-order chi connectivity index (χ0) is 22.1. The van der Waals surface area contributed by atoms with Crippen LogP contribution >= 0.6 is 11.6 Å². The first-order valence-electron chi connectivity index (χ1n) is 11.0. The summed E-state index contributed by atoms with van der Waals surface area (Å²) in [6.45, 7) is 0.561. The van der Waals surface area contributed by atoms with Crippen LogP contribution < -0.4 is 11.3 Å². The molecule has 32 heavy (non-hydrogen) atoms. The maximum Gasteiger partial charge on any atom is 0.267 e. The Balaban J connectivity index is 1.43. The minimum Gasteiger partial charge on any atom is -0.330 e. The van der Waals surface area contributed by atoms with Gasteiger partial charge in [-0.25, -0.2) is 4.68 Å². The van der Waals surface area contributed by atoms with Crippen LogP contribution in [0.5, 0.6) is 0 Å². The minimum absolute atomic E-state index is 0.0507. The van der Waals surface area contributed by atoms with E-state index >= 15 is 0 Å². The fourth-order valence-electron chi connectivity index (χ4n) is 4.88. The highest BCUT2D eigenvalue weighted by atomic mass is 35.5. The molecule has 0 aliphatic heterocycles. The minimum atomic E-state index is -0.106. The van der Waals surface area contributed by atoms with Gasteiger partial charge in [0.05, 0.1) is 17.3 Å². The maximum absolute atomic E-state index is 12.7. The lowest BCUT2D eigenvalue weighted by Gasteiger charge is -2.40. The fourth-order valence-corrected chi connectivity index (χ4v) is 5.07. The molecular weight excluding hydrogens is 420 g/mol. The van der Waals surface area contributed by atoms with Crippen LogP contribution in [0, 0.1) is 0 Å². The van der Waals surface area contributed by atoms with Crippen molar-refractivity contribution in [3.8, 4) is 11.3 Å². The number of nitrogens with zero attached hydrogens (tertiary/aromatic N) is 3. The molecule has 0 saturated heterocycles. The second kappa shape index (κ2) is 8.49. The third kappa shape index (κ3) is 3.83. The van der Waals surface area contributed by atoms with Crippen molar-refractivity contribution in [3.63, 3.8) is 0 Å². The van der Waals surface area contributed by atoms with Gasteiger partial charge in [-0.2, -0.15) is 5.10 Å². The molecule has 2 aromatic carbocycles. The second-order valence-corrected chi connectivity index (χ2v) is 9.08. The number of hydrogen-bond donors (Lipinski definition) is 1. The van der Waals surface area contributed by atoms with Gasteiger partial charge in [0.1, 0.15) is 0 Å². The Hall–Kier alpha value is -3.02. The molecular formula is C26H25ClN4O. The van der Waals surface area contributed by atoms with Gasteiger partial charge in [-0.3, -0.25) is 9.78 Å². The zero-order valence-corrected chi connectivity index (χ0v) is 18.5. The first-order valence-corrected chi connectivity index (χ1v) is 11.4. The molecule has 2 heterocycles. The molecule has 162 valence electrons. The molecule has 5 rings (SSSR count). The number of rotatable bonds is 4. The average molecular weight is 445 g/mol. The maximum atomic E-state index is 12.7. The largest absolute Gasteiger partial charge is 0.330 e. The Bertz CT molecular complexity index is 1320. The Labute approximate surface area is 191 Å². The quantitative estimate of drug-likeness (QED) is 0.474. The number of halogens is 1. The van der Waals surface area contributed by atoms with E-state index in [0.717, 1.165) is 52.9 Å². The third-order valence-corrected chi connectivity index (χ3v) is 7.03. The highest BCUT2D eigenvalue weighted by Crippen LogP contribution is 2.42. The van der Waals surface area contributed by atoms with Crippen LogP contribution in [-0.4, -0.2) is 21.3 Å². The topological polar surface area (TPSA) is 73.8 Å². The summed E-state index contributed by atoms with van der Waals surface area (Å²) in [6, 6.07) is 21.5. The van der Waals surface area contributed by atoms with Crippen molar-refractivity contribution in [3.05, 3.63) is 93.9 Å². The lowest BCUT2D eigenvalue weighted by molar-refractivity contribution is 0.222. The molecule has 4 aromatic rings. The van der Waals surface area contributed by atoms with Gasteiger partial charge in [-0.05, 0) is 61.6 Å². The van der Waals surface area contributed by atoms with E-state index in [1.165, 1.54) is 5.56 Å². The molecule has 2 aromatic heterocycles. The summed E-state index contributed by atoms with van der Waals surface area (Å²) in [7, 11) is 0. The van der Waals surface area contributed by atoms with Crippen LogP contribution in [0.3, 0.4) is 0 Å². The molecule has 1 aliphatic rings. The Morgan fingerprint density at radius 2 is 1.84 bits per heavy atom. The van der Waals surface area contributed by atoms with Gasteiger partial charge in [-0.1, -0.05) is 41.9 Å². The zero-order valence-electron chi connectivity index (χ0n) is 17.7. The molecule has 0 amide bonds. The molecule has 6 heteroatoms. The summed E-state index contributed by atoms with van der Waals surface area (Å²) in [6.07, 6.45) is 5.29. The molecule has 1 saturated carbocycles. The first kappa shape index (κ1) is 20.9. The predicted molar refractivity (Wildman–Crippen MR) is 129 cm³/mol. The summed E-state index contributed by atoms with van der Waals surface area (Å²) in [4.78, 5) is 17.2. The van der Waals surface area contributed by atoms with Gasteiger partial charge >= 0.3 is 0 Å². The van der Waals surface area contributed by atoms with Crippen molar-refractivity contribution < 1.29 is 0 Å². The Morgan fingerprint density at radius 3 is 2.62 bits per heavy atom. The van der Waals surface area contributed by atoms with E-state index in [2.05, 4.69) is 17.1 Å². The summed E-state index contributed by atoms with van der Waals surface area (Å²) < 4.78 is 1.66. The van der Waals surface area contributed by atoms with Gasteiger partial charge in [0.25, 0.3) is 5.56 Å². The SMILES string of the molecule is NC[C@]1(c2cccc(Cl)c2)CC[C@H](n2nc(-c3cnc4ccccc4c3)ccc2=O)CC1. The highest BCUT2D eigenvalue weighted by molar-refractivity contribution is 6.30. The fraction of sp³-hybridized carbons (Fsp3) is 0.269. The van der Waals surface area contributed by atoms with Crippen molar-refractivity contribution in [2.24, 2.45) is 5.73 Å². The van der Waals surface area contributed by atoms with Crippen molar-refractivity contribution >= 4 is 22.5 Å². The van der Waals surface area contributed by atoms with Gasteiger partial charge in [0.15, 0.2) is 0 Å². The number of fused-ring (bicyclic) bond motifs is 1. The van der Waals surface area contributed by atoms with Crippen molar-refractivity contribution in [2.75, 3.05) is 6.54 Å². The molecule has 1 fully saturated rings. The van der Waals surface area contributed by atoms with Crippen molar-refractivity contribution in [1.29, 1.82) is 0 Å². The Morgan fingerprint density at radius 1 is 1.03 bits per heavy atom. The average Bonchev–Trinajstić information content (AvgIpc) is 2.84. The standard InChI is InChI=1S/C26H25ClN4O/c27-21-6-3-5-20(15-21)26(17-28)12-10-22(11-13-26)31-25(32)9-8-24(30-31)19-14-18-4-1-2-7-23(18)29-16-19/h1-9,14-16,22H,10-13,17,28H2/t22-,26-. The summed E-state index contributed by atoms with van der Waals surface area (Å²) in [5.74, 6) is 0. The van der Waals surface area contributed by atoms with E-state index in [1.54, 1.807) is 16.8 Å². The van der Waals surface area contributed by atoms with Gasteiger partial charge < -0.3 is 5.73 Å². The lowest BCUT2D eigenvalue weighted by atomic mass is 9.68. The van der Waals surface area contributed by atoms with Gasteiger partial charge in [0.2, 0.25) is 0 Å². The van der Waals surface area contributed by atoms with Crippen LogP contribution in [0.25, 0.3) is 22.2 Å². The first-order chi connectivity index (χ1) is 15.6. The van der Waals surface area contributed by atoms with Gasteiger partial charge in [-0.15, -0.1) is 0 Å². The number of hydrogen-bond acceptors (Lipinski definition) is 4. The normalized spacial score (nSPS) is 21.0. The van der Waals surface area contributed by atoms with Crippen LogP contribution in [0.4, 0.5) is 0 Å². The molecule has 2 N–H and O–H groups in total. The number of benzene rings is 2. The predicted octanol–water partition coefficient (Wildman–Crippen LogP) is 5.12. The van der Waals surface area contributed by atoms with Crippen LogP contribution in [-0.2, 0) is 5.41 Å². The molecule has 0 atom stereocenters. The molecule has 5 nitrogen and oxygen atoms in total. The van der Waals surface area contributed by atoms with Crippen molar-refractivity contribution in [1.82, 2.24) is 14.8 Å². The highest BCUT2D eigenvalue weighted by Gasteiger charge is 2.37. The van der Waals surface area contributed by atoms with E-state index < -0.39 is 0 Å². The summed E-state index contributed by atoms with van der Waals surface area (Å²) >= 11 is 6.24. The van der Waals surface area contributed by atoms with E-state index in [1.807, 2.05) is 48.7 Å². The third-order valence-electron chi connectivity index (χ3n) is 6.80. The smallest absolute Gasteiger partial charge is 0.267 e. The van der Waals surface area contributed by atoms with Crippen LogP contribution in [0.2, 0.25) is 5.02 Å². The Kier molecular flexibility index (Phi) is 5.53. The monoisotopic (exact) mass is 444 g/mol. The van der Waals surface area contributed by atoms with Crippen LogP contribution in [0.15, 0.2) is 77.7 Å². The van der Waals surface area contributed by atoms with E-state index in [0.29, 0.717) is 6.54 Å². The van der Waals surface area contributed by atoms with E-state index in [4.69, 9.17) is 22.4 Å². The van der Waals surface area contributed by atoms with Crippen molar-refractivity contribution in [2.45, 2.75) is 37.1 Å². The van der Waals surface area contributed by atoms with Crippen LogP contribution in [0.1, 0.15) is 37.3 Å². The second-order valence-electron chi connectivity index (χ2n) is 8.64. The van der Waals surface area contributed by atoms with E-state index in [9.17, 15) is 4.79 Å². The molecule has 0 spiro atoms. The molecule has 0 radical (unpaired) electrons. The summed E-state index contributed by atoms with van der Waals surface area (Å²) in [5, 5.41) is 6.53. The molecule has 1 aliphatic carbocycles. The molecule has 0 unspecified atom stereocenters. The van der Waals surface area contributed by atoms with E-state index in [-0.39, 0.29) is 17.0 Å². The lowest BCUT2D eigenvalue weighted by Crippen LogP contribution is -2.41. The number of aromatic nitrogens is 3.